The van der Waals surface area contributed by atoms with Gasteiger partial charge in [-0.05, 0) is 26.0 Å². The van der Waals surface area contributed by atoms with Gasteiger partial charge < -0.3 is 5.11 Å². The summed E-state index contributed by atoms with van der Waals surface area (Å²) in [6, 6.07) is 4.06. The maximum atomic E-state index is 14.1. The number of rotatable bonds is 2. The van der Waals surface area contributed by atoms with Crippen molar-refractivity contribution in [3.8, 4) is 22.7 Å². The van der Waals surface area contributed by atoms with E-state index in [1.165, 1.54) is 12.1 Å². The van der Waals surface area contributed by atoms with Crippen molar-refractivity contribution in [2.24, 2.45) is 7.05 Å². The molecule has 0 bridgehead atoms. The Bertz CT molecular complexity index is 800. The molecule has 5 nitrogen and oxygen atoms in total. The molecule has 0 fully saturated rings. The second-order valence-corrected chi connectivity index (χ2v) is 4.98. The highest BCUT2D eigenvalue weighted by Gasteiger charge is 2.18. The fourth-order valence-electron chi connectivity index (χ4n) is 2.45. The minimum atomic E-state index is -0.509. The van der Waals surface area contributed by atoms with Crippen LogP contribution < -0.4 is 0 Å². The van der Waals surface area contributed by atoms with Gasteiger partial charge in [-0.1, -0.05) is 0 Å². The highest BCUT2D eigenvalue weighted by molar-refractivity contribution is 5.70. The van der Waals surface area contributed by atoms with E-state index in [2.05, 4.69) is 10.1 Å². The minimum Gasteiger partial charge on any atom is -0.508 e. The number of aromatic nitrogens is 4. The smallest absolute Gasteiger partial charge is 0.136 e. The lowest BCUT2D eigenvalue weighted by molar-refractivity contribution is 0.469. The first-order chi connectivity index (χ1) is 9.97. The summed E-state index contributed by atoms with van der Waals surface area (Å²) in [6.45, 7) is 3.82. The van der Waals surface area contributed by atoms with Crippen LogP contribution in [0.25, 0.3) is 16.9 Å². The molecule has 0 unspecified atom stereocenters. The van der Waals surface area contributed by atoms with Crippen molar-refractivity contribution < 1.29 is 9.50 Å². The lowest BCUT2D eigenvalue weighted by Gasteiger charge is -2.08. The summed E-state index contributed by atoms with van der Waals surface area (Å²) in [5.41, 5.74) is 2.56. The Morgan fingerprint density at radius 3 is 2.62 bits per heavy atom. The van der Waals surface area contributed by atoms with Crippen molar-refractivity contribution in [2.75, 3.05) is 0 Å². The number of nitrogens with zero attached hydrogens (tertiary/aromatic N) is 4. The van der Waals surface area contributed by atoms with E-state index in [-0.39, 0.29) is 5.75 Å². The van der Waals surface area contributed by atoms with Gasteiger partial charge in [0, 0.05) is 36.8 Å². The normalized spacial score (nSPS) is 11.0. The van der Waals surface area contributed by atoms with Crippen molar-refractivity contribution in [3.63, 3.8) is 0 Å². The zero-order valence-electron chi connectivity index (χ0n) is 12.0. The molecule has 0 saturated heterocycles. The molecular formula is C15H15FN4O. The highest BCUT2D eigenvalue weighted by atomic mass is 19.1. The summed E-state index contributed by atoms with van der Waals surface area (Å²) in [7, 11) is 1.78. The zero-order chi connectivity index (χ0) is 15.1. The van der Waals surface area contributed by atoms with Crippen LogP contribution in [0.4, 0.5) is 4.39 Å². The molecule has 0 atom stereocenters. The molecular weight excluding hydrogens is 271 g/mol. The monoisotopic (exact) mass is 286 g/mol. The number of hydrogen-bond donors (Lipinski definition) is 1. The molecule has 3 rings (SSSR count). The molecule has 0 aliphatic heterocycles. The van der Waals surface area contributed by atoms with Crippen LogP contribution in [0.1, 0.15) is 11.5 Å². The number of imidazole rings is 1. The quantitative estimate of drug-likeness (QED) is 0.788. The third-order valence-corrected chi connectivity index (χ3v) is 3.37. The predicted molar refractivity (Wildman–Crippen MR) is 76.9 cm³/mol. The van der Waals surface area contributed by atoms with E-state index in [1.54, 1.807) is 17.9 Å². The lowest BCUT2D eigenvalue weighted by atomic mass is 10.1. The molecule has 0 aliphatic carbocycles. The van der Waals surface area contributed by atoms with E-state index in [1.807, 2.05) is 24.6 Å². The summed E-state index contributed by atoms with van der Waals surface area (Å²) in [5, 5.41) is 13.7. The number of phenols is 1. The Labute approximate surface area is 121 Å². The molecule has 2 aromatic heterocycles. The SMILES string of the molecule is Cc1cnc(C)n1-c1cn(C)nc1-c1ccc(O)cc1F. The van der Waals surface area contributed by atoms with Crippen LogP contribution in [0, 0.1) is 19.7 Å². The third kappa shape index (κ3) is 2.18. The van der Waals surface area contributed by atoms with Gasteiger partial charge in [-0.15, -0.1) is 0 Å². The van der Waals surface area contributed by atoms with Crippen molar-refractivity contribution in [1.82, 2.24) is 19.3 Å². The van der Waals surface area contributed by atoms with Crippen molar-refractivity contribution >= 4 is 0 Å². The Kier molecular flexibility index (Phi) is 3.01. The molecule has 108 valence electrons. The Hall–Kier alpha value is -2.63. The van der Waals surface area contributed by atoms with Crippen LogP contribution in [0.15, 0.2) is 30.6 Å². The zero-order valence-corrected chi connectivity index (χ0v) is 12.0. The van der Waals surface area contributed by atoms with Crippen molar-refractivity contribution in [3.05, 3.63) is 47.9 Å². The molecule has 6 heteroatoms. The summed E-state index contributed by atoms with van der Waals surface area (Å²) in [5.74, 6) is 0.190. The average Bonchev–Trinajstić information content (AvgIpc) is 2.93. The van der Waals surface area contributed by atoms with Gasteiger partial charge in [-0.25, -0.2) is 9.37 Å². The van der Waals surface area contributed by atoms with Crippen molar-refractivity contribution in [1.29, 1.82) is 0 Å². The summed E-state index contributed by atoms with van der Waals surface area (Å²) < 4.78 is 17.7. The van der Waals surface area contributed by atoms with Crippen LogP contribution >= 0.6 is 0 Å². The Morgan fingerprint density at radius 1 is 1.24 bits per heavy atom. The number of hydrogen-bond acceptors (Lipinski definition) is 3. The number of phenolic OH excluding ortho intramolecular Hbond substituents is 1. The fourth-order valence-corrected chi connectivity index (χ4v) is 2.45. The second-order valence-electron chi connectivity index (χ2n) is 4.98. The number of aromatic hydroxyl groups is 1. The van der Waals surface area contributed by atoms with Gasteiger partial charge in [-0.2, -0.15) is 5.10 Å². The molecule has 2 heterocycles. The molecule has 0 aliphatic rings. The number of aryl methyl sites for hydroxylation is 3. The molecule has 0 amide bonds. The average molecular weight is 286 g/mol. The number of benzene rings is 1. The first-order valence-electron chi connectivity index (χ1n) is 6.51. The highest BCUT2D eigenvalue weighted by Crippen LogP contribution is 2.30. The summed E-state index contributed by atoms with van der Waals surface area (Å²) >= 11 is 0. The van der Waals surface area contributed by atoms with Gasteiger partial charge in [0.25, 0.3) is 0 Å². The van der Waals surface area contributed by atoms with E-state index >= 15 is 0 Å². The van der Waals surface area contributed by atoms with E-state index in [4.69, 9.17) is 0 Å². The van der Waals surface area contributed by atoms with Gasteiger partial charge >= 0.3 is 0 Å². The van der Waals surface area contributed by atoms with Gasteiger partial charge in [0.15, 0.2) is 0 Å². The molecule has 3 aromatic rings. The standard InChI is InChI=1S/C15H15FN4O/c1-9-7-17-10(2)20(9)14-8-19(3)18-15(14)12-5-4-11(21)6-13(12)16/h4-8,21H,1-3H3. The van der Waals surface area contributed by atoms with Gasteiger partial charge in [0.1, 0.15) is 23.1 Å². The first kappa shape index (κ1) is 13.4. The van der Waals surface area contributed by atoms with E-state index < -0.39 is 5.82 Å². The number of halogens is 1. The molecule has 1 aromatic carbocycles. The fraction of sp³-hybridized carbons (Fsp3) is 0.200. The molecule has 0 radical (unpaired) electrons. The van der Waals surface area contributed by atoms with Gasteiger partial charge in [0.05, 0.1) is 5.69 Å². The first-order valence-corrected chi connectivity index (χ1v) is 6.51. The second kappa shape index (κ2) is 4.73. The summed E-state index contributed by atoms with van der Waals surface area (Å²) in [6.07, 6.45) is 3.59. The molecule has 21 heavy (non-hydrogen) atoms. The van der Waals surface area contributed by atoms with Crippen LogP contribution in [-0.4, -0.2) is 24.4 Å². The molecule has 0 saturated carbocycles. The Morgan fingerprint density at radius 2 is 2.00 bits per heavy atom. The van der Waals surface area contributed by atoms with Gasteiger partial charge in [-0.3, -0.25) is 9.25 Å². The van der Waals surface area contributed by atoms with Crippen LogP contribution in [-0.2, 0) is 7.05 Å². The Balaban J connectivity index is 2.26. The van der Waals surface area contributed by atoms with Gasteiger partial charge in [0.2, 0.25) is 0 Å². The maximum absolute atomic E-state index is 14.1. The predicted octanol–water partition coefficient (Wildman–Crippen LogP) is 2.73. The van der Waals surface area contributed by atoms with Crippen LogP contribution in [0.2, 0.25) is 0 Å². The maximum Gasteiger partial charge on any atom is 0.136 e. The lowest BCUT2D eigenvalue weighted by Crippen LogP contribution is -2.00. The largest absolute Gasteiger partial charge is 0.508 e. The van der Waals surface area contributed by atoms with Crippen LogP contribution in [0.5, 0.6) is 5.75 Å². The minimum absolute atomic E-state index is 0.108. The molecule has 0 spiro atoms. The topological polar surface area (TPSA) is 55.9 Å². The molecule has 1 N–H and O–H groups in total. The van der Waals surface area contributed by atoms with Crippen molar-refractivity contribution in [2.45, 2.75) is 13.8 Å². The summed E-state index contributed by atoms with van der Waals surface area (Å²) in [4.78, 5) is 4.27. The third-order valence-electron chi connectivity index (χ3n) is 3.37. The van der Waals surface area contributed by atoms with E-state index in [0.717, 1.165) is 23.3 Å². The van der Waals surface area contributed by atoms with E-state index in [9.17, 15) is 9.50 Å². The van der Waals surface area contributed by atoms with E-state index in [0.29, 0.717) is 11.3 Å². The van der Waals surface area contributed by atoms with Crippen LogP contribution in [0.3, 0.4) is 0 Å².